The maximum absolute atomic E-state index is 12.4. The molecule has 5 rings (SSSR count). The Balaban J connectivity index is 1.34. The molecule has 168 valence electrons. The molecule has 2 amide bonds. The number of imide groups is 1. The van der Waals surface area contributed by atoms with Crippen LogP contribution in [0, 0.1) is 0 Å². The average Bonchev–Trinajstić information content (AvgIpc) is 3.24. The topological polar surface area (TPSA) is 81.0 Å². The molecule has 0 saturated carbocycles. The van der Waals surface area contributed by atoms with E-state index in [9.17, 15) is 9.59 Å². The minimum absolute atomic E-state index is 0.215. The second kappa shape index (κ2) is 8.92. The van der Waals surface area contributed by atoms with Gasteiger partial charge in [0.1, 0.15) is 17.9 Å². The van der Waals surface area contributed by atoms with Crippen LogP contribution in [-0.4, -0.2) is 56.2 Å². The lowest BCUT2D eigenvalue weighted by atomic mass is 9.89. The highest BCUT2D eigenvalue weighted by Crippen LogP contribution is 2.37. The van der Waals surface area contributed by atoms with E-state index in [-0.39, 0.29) is 17.7 Å². The maximum Gasteiger partial charge on any atom is 0.234 e. The lowest BCUT2D eigenvalue weighted by Crippen LogP contribution is -2.39. The number of hydrogen-bond donors (Lipinski definition) is 1. The van der Waals surface area contributed by atoms with Crippen molar-refractivity contribution < 1.29 is 23.5 Å². The molecule has 3 heterocycles. The van der Waals surface area contributed by atoms with Gasteiger partial charge in [0.05, 0.1) is 12.2 Å². The van der Waals surface area contributed by atoms with E-state index in [1.165, 1.54) is 0 Å². The fourth-order valence-corrected chi connectivity index (χ4v) is 4.82. The van der Waals surface area contributed by atoms with Gasteiger partial charge in [-0.2, -0.15) is 0 Å². The summed E-state index contributed by atoms with van der Waals surface area (Å²) in [6.07, 6.45) is 4.64. The quantitative estimate of drug-likeness (QED) is 0.595. The lowest BCUT2D eigenvalue weighted by molar-refractivity contribution is -0.134. The van der Waals surface area contributed by atoms with Crippen LogP contribution in [0.2, 0.25) is 0 Å². The fraction of sp³-hybridized carbons (Fsp3) is 0.440. The Kier molecular flexibility index (Phi) is 5.85. The van der Waals surface area contributed by atoms with Crippen LogP contribution in [0.5, 0.6) is 5.75 Å². The van der Waals surface area contributed by atoms with Gasteiger partial charge < -0.3 is 13.9 Å². The normalized spacial score (nSPS) is 20.2. The molecule has 1 unspecified atom stereocenters. The van der Waals surface area contributed by atoms with Crippen molar-refractivity contribution in [3.8, 4) is 5.75 Å². The predicted molar refractivity (Wildman–Crippen MR) is 121 cm³/mol. The SMILES string of the molecule is CN(CCOc1ccc2c(ccc3occ(C4CCC(=O)NC4=O)c32)c1)C1CCOCC1. The highest BCUT2D eigenvalue weighted by molar-refractivity contribution is 6.10. The minimum Gasteiger partial charge on any atom is -0.492 e. The van der Waals surface area contributed by atoms with E-state index in [2.05, 4.69) is 17.3 Å². The first kappa shape index (κ1) is 21.0. The Morgan fingerprint density at radius 3 is 2.78 bits per heavy atom. The highest BCUT2D eigenvalue weighted by Gasteiger charge is 2.31. The first-order valence-corrected chi connectivity index (χ1v) is 11.3. The van der Waals surface area contributed by atoms with Crippen LogP contribution in [0.1, 0.15) is 37.2 Å². The Labute approximate surface area is 186 Å². The Hall–Kier alpha value is -2.90. The number of carbonyl (C=O) groups excluding carboxylic acids is 2. The molecule has 0 bridgehead atoms. The van der Waals surface area contributed by atoms with Crippen LogP contribution >= 0.6 is 0 Å². The van der Waals surface area contributed by atoms with Crippen LogP contribution in [0.4, 0.5) is 0 Å². The molecule has 1 N–H and O–H groups in total. The van der Waals surface area contributed by atoms with Gasteiger partial charge in [-0.25, -0.2) is 0 Å². The molecule has 2 aromatic carbocycles. The lowest BCUT2D eigenvalue weighted by Gasteiger charge is -2.31. The van der Waals surface area contributed by atoms with E-state index >= 15 is 0 Å². The van der Waals surface area contributed by atoms with Gasteiger partial charge >= 0.3 is 0 Å². The molecule has 7 heteroatoms. The molecule has 7 nitrogen and oxygen atoms in total. The molecule has 0 radical (unpaired) electrons. The molecule has 3 aromatic rings. The molecule has 2 aliphatic rings. The minimum atomic E-state index is -0.379. The zero-order valence-corrected chi connectivity index (χ0v) is 18.3. The zero-order chi connectivity index (χ0) is 22.1. The van der Waals surface area contributed by atoms with Gasteiger partial charge in [0, 0.05) is 43.2 Å². The second-order valence-electron chi connectivity index (χ2n) is 8.69. The third-order valence-corrected chi connectivity index (χ3v) is 6.70. The second-order valence-corrected chi connectivity index (χ2v) is 8.69. The third-order valence-electron chi connectivity index (χ3n) is 6.70. The summed E-state index contributed by atoms with van der Waals surface area (Å²) in [6, 6.07) is 10.5. The number of ether oxygens (including phenoxy) is 2. The summed E-state index contributed by atoms with van der Waals surface area (Å²) in [4.78, 5) is 26.3. The highest BCUT2D eigenvalue weighted by atomic mass is 16.5. The molecular formula is C25H28N2O5. The van der Waals surface area contributed by atoms with Crippen molar-refractivity contribution in [1.82, 2.24) is 10.2 Å². The van der Waals surface area contributed by atoms with Gasteiger partial charge in [-0.3, -0.25) is 19.8 Å². The molecule has 2 saturated heterocycles. The van der Waals surface area contributed by atoms with Gasteiger partial charge in [-0.1, -0.05) is 6.07 Å². The Morgan fingerprint density at radius 1 is 1.12 bits per heavy atom. The molecule has 0 spiro atoms. The summed E-state index contributed by atoms with van der Waals surface area (Å²) in [5, 5.41) is 5.42. The van der Waals surface area contributed by atoms with Gasteiger partial charge in [0.15, 0.2) is 0 Å². The third kappa shape index (κ3) is 4.10. The number of rotatable bonds is 6. The first-order valence-electron chi connectivity index (χ1n) is 11.3. The number of nitrogens with zero attached hydrogens (tertiary/aromatic N) is 1. The van der Waals surface area contributed by atoms with Crippen molar-refractivity contribution in [2.24, 2.45) is 0 Å². The van der Waals surface area contributed by atoms with Gasteiger partial charge in [0.25, 0.3) is 0 Å². The van der Waals surface area contributed by atoms with Crippen LogP contribution in [0.25, 0.3) is 21.7 Å². The van der Waals surface area contributed by atoms with E-state index in [1.807, 2.05) is 30.3 Å². The average molecular weight is 437 g/mol. The van der Waals surface area contributed by atoms with Gasteiger partial charge in [-0.15, -0.1) is 0 Å². The van der Waals surface area contributed by atoms with Gasteiger partial charge in [-0.05, 0) is 61.3 Å². The first-order chi connectivity index (χ1) is 15.6. The summed E-state index contributed by atoms with van der Waals surface area (Å²) in [7, 11) is 2.14. The molecule has 1 atom stereocenters. The van der Waals surface area contributed by atoms with Crippen LogP contribution < -0.4 is 10.1 Å². The molecule has 2 aliphatic heterocycles. The van der Waals surface area contributed by atoms with E-state index in [4.69, 9.17) is 13.9 Å². The molecule has 32 heavy (non-hydrogen) atoms. The van der Waals surface area contributed by atoms with Crippen molar-refractivity contribution in [3.05, 3.63) is 42.2 Å². The number of furan rings is 1. The van der Waals surface area contributed by atoms with Crippen molar-refractivity contribution in [3.63, 3.8) is 0 Å². The zero-order valence-electron chi connectivity index (χ0n) is 18.3. The monoisotopic (exact) mass is 436 g/mol. The fourth-order valence-electron chi connectivity index (χ4n) is 4.82. The number of nitrogens with one attached hydrogen (secondary N) is 1. The molecule has 1 aromatic heterocycles. The smallest absolute Gasteiger partial charge is 0.234 e. The largest absolute Gasteiger partial charge is 0.492 e. The number of amides is 2. The number of likely N-dealkylation sites (N-methyl/N-ethyl adjacent to an activating group) is 1. The van der Waals surface area contributed by atoms with Gasteiger partial charge in [0.2, 0.25) is 11.8 Å². The predicted octanol–water partition coefficient (Wildman–Crippen LogP) is 3.60. The summed E-state index contributed by atoms with van der Waals surface area (Å²) in [5.41, 5.74) is 1.58. The van der Waals surface area contributed by atoms with Crippen LogP contribution in [0.3, 0.4) is 0 Å². The number of benzene rings is 2. The maximum atomic E-state index is 12.4. The molecular weight excluding hydrogens is 408 g/mol. The van der Waals surface area contributed by atoms with E-state index < -0.39 is 0 Å². The summed E-state index contributed by atoms with van der Waals surface area (Å²) < 4.78 is 17.2. The Morgan fingerprint density at radius 2 is 1.97 bits per heavy atom. The summed E-state index contributed by atoms with van der Waals surface area (Å²) in [5.74, 6) is -0.0257. The Bertz CT molecular complexity index is 1150. The van der Waals surface area contributed by atoms with Crippen molar-refractivity contribution in [1.29, 1.82) is 0 Å². The van der Waals surface area contributed by atoms with Crippen molar-refractivity contribution in [2.45, 2.75) is 37.6 Å². The summed E-state index contributed by atoms with van der Waals surface area (Å²) in [6.45, 7) is 3.16. The number of carbonyl (C=O) groups is 2. The number of fused-ring (bicyclic) bond motifs is 3. The number of piperidine rings is 1. The van der Waals surface area contributed by atoms with Crippen LogP contribution in [-0.2, 0) is 14.3 Å². The van der Waals surface area contributed by atoms with Crippen molar-refractivity contribution >= 4 is 33.6 Å². The summed E-state index contributed by atoms with van der Waals surface area (Å²) >= 11 is 0. The van der Waals surface area contributed by atoms with E-state index in [0.717, 1.165) is 65.7 Å². The number of hydrogen-bond acceptors (Lipinski definition) is 6. The van der Waals surface area contributed by atoms with E-state index in [1.54, 1.807) is 6.26 Å². The van der Waals surface area contributed by atoms with Crippen LogP contribution in [0.15, 0.2) is 41.0 Å². The molecule has 0 aliphatic carbocycles. The molecule has 2 fully saturated rings. The standard InChI is InChI=1S/C25H28N2O5/c1-27(17-8-11-30-12-9-17)10-13-31-18-3-4-19-16(14-18)2-6-22-24(19)21(15-32-22)20-5-7-23(28)26-25(20)29/h2-4,6,14-15,17,20H,5,7-13H2,1H3,(H,26,28,29). The van der Waals surface area contributed by atoms with Crippen molar-refractivity contribution in [2.75, 3.05) is 33.4 Å². The van der Waals surface area contributed by atoms with E-state index in [0.29, 0.717) is 25.5 Å².